The monoisotopic (exact) mass is 177 g/mol. The van der Waals surface area contributed by atoms with Crippen LogP contribution in [0.3, 0.4) is 0 Å². The molecule has 0 bridgehead atoms. The zero-order valence-corrected chi connectivity index (χ0v) is 8.80. The quantitative estimate of drug-likeness (QED) is 0.697. The molecule has 1 aromatic carbocycles. The number of para-hydroxylation sites is 1. The lowest BCUT2D eigenvalue weighted by molar-refractivity contribution is 1.26. The predicted molar refractivity (Wildman–Crippen MR) is 61.2 cm³/mol. The van der Waals surface area contributed by atoms with Gasteiger partial charge in [0.15, 0.2) is 0 Å². The van der Waals surface area contributed by atoms with Crippen molar-refractivity contribution in [2.75, 3.05) is 12.4 Å². The molecule has 0 saturated carbocycles. The minimum Gasteiger partial charge on any atom is -0.388 e. The van der Waals surface area contributed by atoms with Crippen LogP contribution in [0.4, 0.5) is 5.69 Å². The van der Waals surface area contributed by atoms with Crippen molar-refractivity contribution in [3.63, 3.8) is 0 Å². The Balaban J connectivity index is 0.000000671. The van der Waals surface area contributed by atoms with E-state index in [1.54, 1.807) is 0 Å². The highest BCUT2D eigenvalue weighted by Gasteiger charge is 1.94. The lowest BCUT2D eigenvalue weighted by Gasteiger charge is -2.05. The Kier molecular flexibility index (Phi) is 6.70. The summed E-state index contributed by atoms with van der Waals surface area (Å²) in [6.45, 7) is 7.70. The number of benzene rings is 1. The van der Waals surface area contributed by atoms with Crippen LogP contribution in [0.5, 0.6) is 0 Å². The molecule has 0 atom stereocenters. The molecular weight excluding hydrogens is 158 g/mol. The summed E-state index contributed by atoms with van der Waals surface area (Å²) in [4.78, 5) is 0. The van der Waals surface area contributed by atoms with Gasteiger partial charge in [0.25, 0.3) is 0 Å². The number of nitrogens with one attached hydrogen (secondary N) is 1. The first-order valence-electron chi connectivity index (χ1n) is 4.75. The van der Waals surface area contributed by atoms with E-state index >= 15 is 0 Å². The van der Waals surface area contributed by atoms with Crippen molar-refractivity contribution < 1.29 is 0 Å². The molecule has 1 heteroatoms. The largest absolute Gasteiger partial charge is 0.388 e. The Morgan fingerprint density at radius 2 is 1.92 bits per heavy atom. The first kappa shape index (κ1) is 11.8. The maximum Gasteiger partial charge on any atom is 0.0373 e. The van der Waals surface area contributed by atoms with E-state index in [4.69, 9.17) is 0 Å². The van der Waals surface area contributed by atoms with E-state index in [0.717, 1.165) is 6.42 Å². The van der Waals surface area contributed by atoms with Gasteiger partial charge in [-0.3, -0.25) is 0 Å². The van der Waals surface area contributed by atoms with Crippen LogP contribution in [0.2, 0.25) is 0 Å². The topological polar surface area (TPSA) is 12.0 Å². The molecule has 1 aromatic rings. The molecule has 0 heterocycles. The summed E-state index contributed by atoms with van der Waals surface area (Å²) in [5, 5.41) is 3.13. The molecule has 0 aliphatic carbocycles. The van der Waals surface area contributed by atoms with Crippen LogP contribution in [0, 0.1) is 0 Å². The Morgan fingerprint density at radius 3 is 2.46 bits per heavy atom. The van der Waals surface area contributed by atoms with Crippen molar-refractivity contribution in [2.45, 2.75) is 20.3 Å². The van der Waals surface area contributed by atoms with Gasteiger partial charge < -0.3 is 5.32 Å². The van der Waals surface area contributed by atoms with Crippen molar-refractivity contribution in [3.8, 4) is 0 Å². The highest BCUT2D eigenvalue weighted by atomic mass is 14.8. The molecule has 0 aromatic heterocycles. The van der Waals surface area contributed by atoms with E-state index in [1.807, 2.05) is 39.1 Å². The predicted octanol–water partition coefficient (Wildman–Crippen LogP) is 3.48. The number of anilines is 1. The van der Waals surface area contributed by atoms with Crippen LogP contribution in [0.1, 0.15) is 19.4 Å². The average molecular weight is 177 g/mol. The SMILES string of the molecule is C=CCc1ccccc1NC.CC. The average Bonchev–Trinajstić information content (AvgIpc) is 2.22. The maximum absolute atomic E-state index is 3.70. The molecule has 0 spiro atoms. The van der Waals surface area contributed by atoms with E-state index < -0.39 is 0 Å². The molecule has 0 aliphatic rings. The highest BCUT2D eigenvalue weighted by molar-refractivity contribution is 5.51. The van der Waals surface area contributed by atoms with Crippen LogP contribution in [0.25, 0.3) is 0 Å². The minimum absolute atomic E-state index is 0.928. The number of hydrogen-bond acceptors (Lipinski definition) is 1. The molecule has 0 unspecified atom stereocenters. The molecule has 0 saturated heterocycles. The van der Waals surface area contributed by atoms with Crippen molar-refractivity contribution in [1.82, 2.24) is 0 Å². The Morgan fingerprint density at radius 1 is 1.31 bits per heavy atom. The van der Waals surface area contributed by atoms with E-state index in [2.05, 4.69) is 24.0 Å². The van der Waals surface area contributed by atoms with Crippen molar-refractivity contribution in [1.29, 1.82) is 0 Å². The second kappa shape index (κ2) is 7.41. The maximum atomic E-state index is 3.70. The fourth-order valence-electron chi connectivity index (χ4n) is 1.10. The second-order valence-corrected chi connectivity index (χ2v) is 2.40. The molecule has 0 radical (unpaired) electrons. The van der Waals surface area contributed by atoms with Gasteiger partial charge in [-0.1, -0.05) is 38.1 Å². The zero-order valence-electron chi connectivity index (χ0n) is 8.80. The molecule has 0 fully saturated rings. The van der Waals surface area contributed by atoms with Gasteiger partial charge in [-0.05, 0) is 18.1 Å². The van der Waals surface area contributed by atoms with Gasteiger partial charge in [0, 0.05) is 12.7 Å². The van der Waals surface area contributed by atoms with Crippen LogP contribution < -0.4 is 5.32 Å². The van der Waals surface area contributed by atoms with E-state index in [9.17, 15) is 0 Å². The molecule has 0 amide bonds. The van der Waals surface area contributed by atoms with Gasteiger partial charge in [0.2, 0.25) is 0 Å². The van der Waals surface area contributed by atoms with Crippen molar-refractivity contribution >= 4 is 5.69 Å². The smallest absolute Gasteiger partial charge is 0.0373 e. The first-order valence-corrected chi connectivity index (χ1v) is 4.75. The molecular formula is C12H19N. The van der Waals surface area contributed by atoms with Gasteiger partial charge in [-0.15, -0.1) is 6.58 Å². The van der Waals surface area contributed by atoms with E-state index in [-0.39, 0.29) is 0 Å². The molecule has 1 N–H and O–H groups in total. The molecule has 13 heavy (non-hydrogen) atoms. The van der Waals surface area contributed by atoms with Crippen molar-refractivity contribution in [3.05, 3.63) is 42.5 Å². The molecule has 72 valence electrons. The zero-order chi connectivity index (χ0) is 10.1. The minimum atomic E-state index is 0.928. The summed E-state index contributed by atoms with van der Waals surface area (Å²) in [5.41, 5.74) is 2.48. The normalized spacial score (nSPS) is 8.23. The number of hydrogen-bond donors (Lipinski definition) is 1. The summed E-state index contributed by atoms with van der Waals surface area (Å²) in [5.74, 6) is 0. The first-order chi connectivity index (χ1) is 6.38. The molecule has 0 aliphatic heterocycles. The van der Waals surface area contributed by atoms with Gasteiger partial charge in [-0.25, -0.2) is 0 Å². The fourth-order valence-corrected chi connectivity index (χ4v) is 1.10. The third kappa shape index (κ3) is 3.79. The lowest BCUT2D eigenvalue weighted by atomic mass is 10.1. The summed E-state index contributed by atoms with van der Waals surface area (Å²) in [6.07, 6.45) is 2.84. The van der Waals surface area contributed by atoms with Gasteiger partial charge >= 0.3 is 0 Å². The second-order valence-electron chi connectivity index (χ2n) is 2.40. The standard InChI is InChI=1S/C10H13N.C2H6/c1-3-6-9-7-4-5-8-10(9)11-2;1-2/h3-5,7-8,11H,1,6H2,2H3;1-2H3. The van der Waals surface area contributed by atoms with Gasteiger partial charge in [0.05, 0.1) is 0 Å². The van der Waals surface area contributed by atoms with Crippen LogP contribution in [-0.2, 0) is 6.42 Å². The Hall–Kier alpha value is -1.24. The molecule has 1 rings (SSSR count). The molecule has 1 nitrogen and oxygen atoms in total. The van der Waals surface area contributed by atoms with E-state index in [0.29, 0.717) is 0 Å². The van der Waals surface area contributed by atoms with Crippen LogP contribution in [0.15, 0.2) is 36.9 Å². The highest BCUT2D eigenvalue weighted by Crippen LogP contribution is 2.14. The Bertz CT molecular complexity index is 241. The Labute approximate surface area is 81.5 Å². The van der Waals surface area contributed by atoms with Gasteiger partial charge in [-0.2, -0.15) is 0 Å². The summed E-state index contributed by atoms with van der Waals surface area (Å²) < 4.78 is 0. The summed E-state index contributed by atoms with van der Waals surface area (Å²) in [7, 11) is 1.93. The van der Waals surface area contributed by atoms with Crippen LogP contribution >= 0.6 is 0 Å². The summed E-state index contributed by atoms with van der Waals surface area (Å²) in [6, 6.07) is 8.24. The third-order valence-electron chi connectivity index (χ3n) is 1.65. The fraction of sp³-hybridized carbons (Fsp3) is 0.333. The van der Waals surface area contributed by atoms with Gasteiger partial charge in [0.1, 0.15) is 0 Å². The van der Waals surface area contributed by atoms with E-state index in [1.165, 1.54) is 11.3 Å². The number of rotatable bonds is 3. The van der Waals surface area contributed by atoms with Crippen molar-refractivity contribution in [2.24, 2.45) is 0 Å². The number of allylic oxidation sites excluding steroid dienone is 1. The lowest BCUT2D eigenvalue weighted by Crippen LogP contribution is -1.93. The van der Waals surface area contributed by atoms with Crippen LogP contribution in [-0.4, -0.2) is 7.05 Å². The third-order valence-corrected chi connectivity index (χ3v) is 1.65. The summed E-state index contributed by atoms with van der Waals surface area (Å²) >= 11 is 0.